The van der Waals surface area contributed by atoms with E-state index < -0.39 is 5.82 Å². The van der Waals surface area contributed by atoms with Gasteiger partial charge in [-0.1, -0.05) is 42.5 Å². The second-order valence-corrected chi connectivity index (χ2v) is 6.44. The lowest BCUT2D eigenvalue weighted by atomic mass is 10.0. The largest absolute Gasteiger partial charge is 0.398 e. The second-order valence-electron chi connectivity index (χ2n) is 6.44. The van der Waals surface area contributed by atoms with Crippen molar-refractivity contribution in [3.8, 4) is 22.6 Å². The maximum Gasteiger partial charge on any atom is 0.188 e. The Morgan fingerprint density at radius 3 is 2.18 bits per heavy atom. The number of benzene rings is 3. The topological polar surface area (TPSA) is 95.1 Å². The van der Waals surface area contributed by atoms with E-state index in [0.717, 1.165) is 10.8 Å². The Bertz CT molecular complexity index is 1340. The van der Waals surface area contributed by atoms with E-state index in [2.05, 4.69) is 10.2 Å². The zero-order valence-electron chi connectivity index (χ0n) is 14.7. The molecule has 4 N–H and O–H groups in total. The molecule has 5 rings (SSSR count). The zero-order valence-corrected chi connectivity index (χ0v) is 14.7. The van der Waals surface area contributed by atoms with Gasteiger partial charge in [-0.2, -0.15) is 9.61 Å². The number of hydrogen-bond acceptors (Lipinski definition) is 5. The summed E-state index contributed by atoms with van der Waals surface area (Å²) in [6, 6.07) is 19.4. The summed E-state index contributed by atoms with van der Waals surface area (Å²) in [5, 5.41) is 14.9. The fraction of sp³-hybridized carbons (Fsp3) is 0. The van der Waals surface area contributed by atoms with Crippen LogP contribution in [0.2, 0.25) is 0 Å². The van der Waals surface area contributed by atoms with Gasteiger partial charge in [0, 0.05) is 27.7 Å². The fourth-order valence-corrected chi connectivity index (χ4v) is 3.44. The minimum Gasteiger partial charge on any atom is -0.398 e. The lowest BCUT2D eigenvalue weighted by molar-refractivity contribution is 0.629. The number of nitrogen functional groups attached to an aromatic ring is 2. The molecule has 0 amide bonds. The monoisotopic (exact) mass is 370 g/mol. The standard InChI is InChI=1S/C21H15FN6/c22-15-9-4-3-8-14(15)21-26-25-20-13-7-2-1-6-12(13)19(27-28(20)21)18-16(23)10-5-11-17(18)24/h1-11H,23-24H2. The second kappa shape index (κ2) is 6.02. The molecule has 5 aromatic rings. The summed E-state index contributed by atoms with van der Waals surface area (Å²) in [5.41, 5.74) is 15.5. The van der Waals surface area contributed by atoms with Gasteiger partial charge < -0.3 is 11.5 Å². The average Bonchev–Trinajstić information content (AvgIpc) is 3.12. The van der Waals surface area contributed by atoms with E-state index in [-0.39, 0.29) is 0 Å². The third kappa shape index (κ3) is 2.30. The maximum absolute atomic E-state index is 14.4. The van der Waals surface area contributed by atoms with Gasteiger partial charge >= 0.3 is 0 Å². The summed E-state index contributed by atoms with van der Waals surface area (Å²) in [7, 11) is 0. The van der Waals surface area contributed by atoms with Gasteiger partial charge in [-0.05, 0) is 24.3 Å². The highest BCUT2D eigenvalue weighted by molar-refractivity contribution is 6.05. The minimum absolute atomic E-state index is 0.313. The van der Waals surface area contributed by atoms with Crippen LogP contribution in [0.15, 0.2) is 66.7 Å². The number of nitrogens with zero attached hydrogens (tertiary/aromatic N) is 4. The number of nitrogens with two attached hydrogens (primary N) is 2. The number of aromatic nitrogens is 4. The molecule has 0 fully saturated rings. The normalized spacial score (nSPS) is 11.3. The predicted octanol–water partition coefficient (Wildman–Crippen LogP) is 3.92. The first kappa shape index (κ1) is 16.2. The molecule has 0 aliphatic carbocycles. The van der Waals surface area contributed by atoms with Crippen molar-refractivity contribution in [2.75, 3.05) is 11.5 Å². The first-order valence-electron chi connectivity index (χ1n) is 8.68. The number of halogens is 1. The van der Waals surface area contributed by atoms with Gasteiger partial charge in [-0.15, -0.1) is 10.2 Å². The quantitative estimate of drug-likeness (QED) is 0.459. The zero-order chi connectivity index (χ0) is 19.3. The van der Waals surface area contributed by atoms with Crippen molar-refractivity contribution in [3.05, 3.63) is 72.5 Å². The Kier molecular flexibility index (Phi) is 3.48. The van der Waals surface area contributed by atoms with E-state index in [4.69, 9.17) is 16.6 Å². The molecule has 0 spiro atoms. The highest BCUT2D eigenvalue weighted by Crippen LogP contribution is 2.36. The van der Waals surface area contributed by atoms with Gasteiger partial charge in [0.25, 0.3) is 0 Å². The van der Waals surface area contributed by atoms with E-state index in [1.165, 1.54) is 6.07 Å². The predicted molar refractivity (Wildman–Crippen MR) is 108 cm³/mol. The van der Waals surface area contributed by atoms with Crippen molar-refractivity contribution in [1.29, 1.82) is 0 Å². The minimum atomic E-state index is -0.396. The van der Waals surface area contributed by atoms with Crippen LogP contribution in [0.1, 0.15) is 0 Å². The van der Waals surface area contributed by atoms with Crippen LogP contribution < -0.4 is 11.5 Å². The Morgan fingerprint density at radius 2 is 1.43 bits per heavy atom. The maximum atomic E-state index is 14.4. The van der Waals surface area contributed by atoms with Crippen molar-refractivity contribution < 1.29 is 4.39 Å². The number of rotatable bonds is 2. The van der Waals surface area contributed by atoms with Crippen molar-refractivity contribution >= 4 is 27.8 Å². The molecule has 0 bridgehead atoms. The molecule has 0 aliphatic heterocycles. The van der Waals surface area contributed by atoms with Crippen LogP contribution in [0.5, 0.6) is 0 Å². The Morgan fingerprint density at radius 1 is 0.750 bits per heavy atom. The lowest BCUT2D eigenvalue weighted by Gasteiger charge is -2.12. The molecular weight excluding hydrogens is 355 g/mol. The number of fused-ring (bicyclic) bond motifs is 3. The third-order valence-corrected chi connectivity index (χ3v) is 4.74. The number of anilines is 2. The van der Waals surface area contributed by atoms with Gasteiger partial charge in [0.05, 0.1) is 5.56 Å². The highest BCUT2D eigenvalue weighted by atomic mass is 19.1. The molecule has 6 nitrogen and oxygen atoms in total. The van der Waals surface area contributed by atoms with Gasteiger partial charge in [0.1, 0.15) is 11.5 Å². The van der Waals surface area contributed by atoms with Crippen LogP contribution >= 0.6 is 0 Å². The molecule has 0 atom stereocenters. The van der Waals surface area contributed by atoms with E-state index in [1.807, 2.05) is 24.3 Å². The van der Waals surface area contributed by atoms with Crippen LogP contribution in [-0.2, 0) is 0 Å². The Balaban J connectivity index is 1.93. The van der Waals surface area contributed by atoms with Crippen molar-refractivity contribution in [2.45, 2.75) is 0 Å². The van der Waals surface area contributed by atoms with Crippen LogP contribution in [0.3, 0.4) is 0 Å². The van der Waals surface area contributed by atoms with Crippen LogP contribution in [0.4, 0.5) is 15.8 Å². The number of hydrogen-bond donors (Lipinski definition) is 2. The van der Waals surface area contributed by atoms with Gasteiger partial charge in [-0.25, -0.2) is 4.39 Å². The molecule has 0 aliphatic rings. The van der Waals surface area contributed by atoms with E-state index in [0.29, 0.717) is 39.7 Å². The van der Waals surface area contributed by atoms with Crippen molar-refractivity contribution in [1.82, 2.24) is 19.8 Å². The summed E-state index contributed by atoms with van der Waals surface area (Å²) < 4.78 is 15.9. The first-order valence-corrected chi connectivity index (χ1v) is 8.68. The third-order valence-electron chi connectivity index (χ3n) is 4.74. The summed E-state index contributed by atoms with van der Waals surface area (Å²) >= 11 is 0. The molecule has 0 radical (unpaired) electrons. The highest BCUT2D eigenvalue weighted by Gasteiger charge is 2.20. The van der Waals surface area contributed by atoms with Crippen LogP contribution in [-0.4, -0.2) is 19.8 Å². The average molecular weight is 370 g/mol. The molecule has 7 heteroatoms. The SMILES string of the molecule is Nc1cccc(N)c1-c1nn2c(-c3ccccc3F)nnc2c2ccccc12. The fourth-order valence-electron chi connectivity index (χ4n) is 3.44. The Labute approximate surface area is 159 Å². The molecule has 136 valence electrons. The van der Waals surface area contributed by atoms with Crippen LogP contribution in [0, 0.1) is 5.82 Å². The van der Waals surface area contributed by atoms with Gasteiger partial charge in [0.2, 0.25) is 0 Å². The lowest BCUT2D eigenvalue weighted by Crippen LogP contribution is -2.03. The van der Waals surface area contributed by atoms with Gasteiger partial charge in [0.15, 0.2) is 11.5 Å². The van der Waals surface area contributed by atoms with E-state index >= 15 is 0 Å². The molecule has 3 aromatic carbocycles. The molecule has 28 heavy (non-hydrogen) atoms. The summed E-state index contributed by atoms with van der Waals surface area (Å²) in [6.07, 6.45) is 0. The van der Waals surface area contributed by atoms with Crippen LogP contribution in [0.25, 0.3) is 39.1 Å². The summed E-state index contributed by atoms with van der Waals surface area (Å²) in [6.45, 7) is 0. The molecule has 0 unspecified atom stereocenters. The molecule has 0 saturated heterocycles. The van der Waals surface area contributed by atoms with E-state index in [9.17, 15) is 4.39 Å². The molecule has 2 heterocycles. The Hall–Kier alpha value is -4.00. The van der Waals surface area contributed by atoms with E-state index in [1.54, 1.807) is 40.9 Å². The molecular formula is C21H15FN6. The van der Waals surface area contributed by atoms with Crippen molar-refractivity contribution in [3.63, 3.8) is 0 Å². The first-order chi connectivity index (χ1) is 13.6. The molecule has 0 saturated carbocycles. The van der Waals surface area contributed by atoms with Gasteiger partial charge in [-0.3, -0.25) is 0 Å². The summed E-state index contributed by atoms with van der Waals surface area (Å²) in [4.78, 5) is 0. The summed E-state index contributed by atoms with van der Waals surface area (Å²) in [5.74, 6) is -0.0831. The molecule has 2 aromatic heterocycles. The van der Waals surface area contributed by atoms with Crippen molar-refractivity contribution in [2.24, 2.45) is 0 Å². The smallest absolute Gasteiger partial charge is 0.188 e.